The zero-order valence-electron chi connectivity index (χ0n) is 13.6. The zero-order chi connectivity index (χ0) is 17.2. The summed E-state index contributed by atoms with van der Waals surface area (Å²) < 4.78 is 23.2. The van der Waals surface area contributed by atoms with E-state index in [0.29, 0.717) is 18.4 Å². The average Bonchev–Trinajstić information content (AvgIpc) is 2.95. The third-order valence-corrected chi connectivity index (χ3v) is 6.12. The fourth-order valence-electron chi connectivity index (χ4n) is 2.96. The van der Waals surface area contributed by atoms with Crippen LogP contribution in [0.5, 0.6) is 0 Å². The predicted octanol–water partition coefficient (Wildman–Crippen LogP) is 1.93. The first-order valence-electron chi connectivity index (χ1n) is 7.91. The first kappa shape index (κ1) is 16.6. The summed E-state index contributed by atoms with van der Waals surface area (Å²) in [6.45, 7) is 0. The smallest absolute Gasteiger partial charge is 0.253 e. The van der Waals surface area contributed by atoms with E-state index in [1.54, 1.807) is 30.3 Å². The number of hydrogen-bond acceptors (Lipinski definition) is 4. The number of sulfone groups is 1. The normalized spacial score (nSPS) is 19.1. The van der Waals surface area contributed by atoms with Gasteiger partial charge in [0.2, 0.25) is 0 Å². The fourth-order valence-corrected chi connectivity index (χ4v) is 4.74. The molecule has 2 heterocycles. The van der Waals surface area contributed by atoms with Crippen molar-refractivity contribution in [2.75, 3.05) is 18.6 Å². The SMILES string of the molecule is CN(C(=O)c1ccnc(Cc2ccccc2)c1)[C@@H]1CCS(=O)(=O)C1. The number of benzene rings is 1. The maximum Gasteiger partial charge on any atom is 0.253 e. The van der Waals surface area contributed by atoms with Crippen molar-refractivity contribution in [3.05, 3.63) is 65.5 Å². The molecule has 126 valence electrons. The number of hydrogen-bond donors (Lipinski definition) is 0. The molecule has 1 aliphatic rings. The van der Waals surface area contributed by atoms with E-state index in [0.717, 1.165) is 11.3 Å². The summed E-state index contributed by atoms with van der Waals surface area (Å²) in [6, 6.07) is 13.2. The molecule has 1 atom stereocenters. The van der Waals surface area contributed by atoms with Crippen molar-refractivity contribution in [1.82, 2.24) is 9.88 Å². The van der Waals surface area contributed by atoms with Crippen molar-refractivity contribution in [2.45, 2.75) is 18.9 Å². The lowest BCUT2D eigenvalue weighted by atomic mass is 10.1. The van der Waals surface area contributed by atoms with Gasteiger partial charge in [-0.1, -0.05) is 30.3 Å². The molecular weight excluding hydrogens is 324 g/mol. The molecule has 0 N–H and O–H groups in total. The molecule has 1 fully saturated rings. The van der Waals surface area contributed by atoms with Gasteiger partial charge in [-0.25, -0.2) is 8.42 Å². The molecule has 0 bridgehead atoms. The Balaban J connectivity index is 1.74. The van der Waals surface area contributed by atoms with Crippen molar-refractivity contribution < 1.29 is 13.2 Å². The van der Waals surface area contributed by atoms with Crippen LogP contribution < -0.4 is 0 Å². The quantitative estimate of drug-likeness (QED) is 0.850. The Morgan fingerprint density at radius 1 is 1.25 bits per heavy atom. The predicted molar refractivity (Wildman–Crippen MR) is 92.6 cm³/mol. The summed E-state index contributed by atoms with van der Waals surface area (Å²) in [5.74, 6) is 0.0519. The zero-order valence-corrected chi connectivity index (χ0v) is 14.4. The van der Waals surface area contributed by atoms with Crippen LogP contribution in [0, 0.1) is 0 Å². The summed E-state index contributed by atoms with van der Waals surface area (Å²) in [7, 11) is -1.34. The van der Waals surface area contributed by atoms with Crippen LogP contribution in [0.25, 0.3) is 0 Å². The molecule has 3 rings (SSSR count). The van der Waals surface area contributed by atoms with Gasteiger partial charge in [-0.2, -0.15) is 0 Å². The second-order valence-electron chi connectivity index (χ2n) is 6.17. The topological polar surface area (TPSA) is 67.3 Å². The highest BCUT2D eigenvalue weighted by Crippen LogP contribution is 2.19. The van der Waals surface area contributed by atoms with Crippen LogP contribution in [-0.4, -0.2) is 48.8 Å². The van der Waals surface area contributed by atoms with Gasteiger partial charge in [0.15, 0.2) is 9.84 Å². The lowest BCUT2D eigenvalue weighted by Gasteiger charge is -2.23. The van der Waals surface area contributed by atoms with E-state index in [1.165, 1.54) is 0 Å². The summed E-state index contributed by atoms with van der Waals surface area (Å²) >= 11 is 0. The largest absolute Gasteiger partial charge is 0.338 e. The van der Waals surface area contributed by atoms with Crippen LogP contribution in [-0.2, 0) is 16.3 Å². The van der Waals surface area contributed by atoms with Crippen LogP contribution in [0.2, 0.25) is 0 Å². The molecule has 1 aliphatic heterocycles. The molecule has 0 saturated carbocycles. The van der Waals surface area contributed by atoms with Crippen molar-refractivity contribution in [3.63, 3.8) is 0 Å². The molecule has 0 unspecified atom stereocenters. The number of rotatable bonds is 4. The van der Waals surface area contributed by atoms with E-state index in [1.807, 2.05) is 30.3 Å². The molecule has 5 nitrogen and oxygen atoms in total. The number of carbonyl (C=O) groups excluding carboxylic acids is 1. The van der Waals surface area contributed by atoms with Gasteiger partial charge in [-0.15, -0.1) is 0 Å². The molecule has 24 heavy (non-hydrogen) atoms. The van der Waals surface area contributed by atoms with Crippen LogP contribution in [0.15, 0.2) is 48.7 Å². The number of aromatic nitrogens is 1. The van der Waals surface area contributed by atoms with Crippen LogP contribution in [0.4, 0.5) is 0 Å². The van der Waals surface area contributed by atoms with Gasteiger partial charge < -0.3 is 4.90 Å². The molecule has 0 spiro atoms. The Morgan fingerprint density at radius 3 is 2.67 bits per heavy atom. The first-order chi connectivity index (χ1) is 11.4. The number of pyridine rings is 1. The molecule has 2 aromatic rings. The van der Waals surface area contributed by atoms with Gasteiger partial charge in [-0.3, -0.25) is 9.78 Å². The number of nitrogens with zero attached hydrogens (tertiary/aromatic N) is 2. The van der Waals surface area contributed by atoms with E-state index in [2.05, 4.69) is 4.98 Å². The third kappa shape index (κ3) is 3.82. The number of carbonyl (C=O) groups is 1. The molecule has 0 radical (unpaired) electrons. The highest BCUT2D eigenvalue weighted by atomic mass is 32.2. The molecule has 1 aromatic carbocycles. The van der Waals surface area contributed by atoms with Gasteiger partial charge >= 0.3 is 0 Å². The maximum absolute atomic E-state index is 12.7. The van der Waals surface area contributed by atoms with Crippen LogP contribution in [0.1, 0.15) is 28.0 Å². The van der Waals surface area contributed by atoms with Gasteiger partial charge in [-0.05, 0) is 24.1 Å². The van der Waals surface area contributed by atoms with Crippen molar-refractivity contribution in [2.24, 2.45) is 0 Å². The third-order valence-electron chi connectivity index (χ3n) is 4.37. The van der Waals surface area contributed by atoms with E-state index in [4.69, 9.17) is 0 Å². The Morgan fingerprint density at radius 2 is 2.00 bits per heavy atom. The van der Waals surface area contributed by atoms with Gasteiger partial charge in [0.25, 0.3) is 5.91 Å². The molecular formula is C18H20N2O3S. The Labute approximate surface area is 142 Å². The molecule has 6 heteroatoms. The average molecular weight is 344 g/mol. The minimum Gasteiger partial charge on any atom is -0.338 e. The summed E-state index contributed by atoms with van der Waals surface area (Å²) in [4.78, 5) is 18.5. The molecule has 1 aromatic heterocycles. The summed E-state index contributed by atoms with van der Waals surface area (Å²) in [6.07, 6.45) is 2.79. The van der Waals surface area contributed by atoms with Crippen LogP contribution >= 0.6 is 0 Å². The first-order valence-corrected chi connectivity index (χ1v) is 9.73. The monoisotopic (exact) mass is 344 g/mol. The minimum atomic E-state index is -3.01. The highest BCUT2D eigenvalue weighted by Gasteiger charge is 2.33. The van der Waals surface area contributed by atoms with E-state index >= 15 is 0 Å². The highest BCUT2D eigenvalue weighted by molar-refractivity contribution is 7.91. The standard InChI is InChI=1S/C18H20N2O3S/c1-20(17-8-10-24(22,23)13-17)18(21)15-7-9-19-16(12-15)11-14-5-3-2-4-6-14/h2-7,9,12,17H,8,10-11,13H2,1H3/t17-/m1/s1. The lowest BCUT2D eigenvalue weighted by Crippen LogP contribution is -2.37. The fraction of sp³-hybridized carbons (Fsp3) is 0.333. The number of amides is 1. The Bertz CT molecular complexity index is 834. The Hall–Kier alpha value is -2.21. The summed E-state index contributed by atoms with van der Waals surface area (Å²) in [5, 5.41) is 0. The Kier molecular flexibility index (Phi) is 4.66. The van der Waals surface area contributed by atoms with Crippen LogP contribution in [0.3, 0.4) is 0 Å². The van der Waals surface area contributed by atoms with Gasteiger partial charge in [0, 0.05) is 37.0 Å². The van der Waals surface area contributed by atoms with E-state index in [-0.39, 0.29) is 23.5 Å². The van der Waals surface area contributed by atoms with E-state index in [9.17, 15) is 13.2 Å². The molecule has 1 saturated heterocycles. The molecule has 0 aliphatic carbocycles. The summed E-state index contributed by atoms with van der Waals surface area (Å²) in [5.41, 5.74) is 2.49. The second-order valence-corrected chi connectivity index (χ2v) is 8.40. The van der Waals surface area contributed by atoms with Crippen molar-refractivity contribution in [1.29, 1.82) is 0 Å². The van der Waals surface area contributed by atoms with E-state index < -0.39 is 9.84 Å². The molecule has 1 amide bonds. The lowest BCUT2D eigenvalue weighted by molar-refractivity contribution is 0.0747. The van der Waals surface area contributed by atoms with Gasteiger partial charge in [0.05, 0.1) is 11.5 Å². The second kappa shape index (κ2) is 6.73. The van der Waals surface area contributed by atoms with Gasteiger partial charge in [0.1, 0.15) is 0 Å². The van der Waals surface area contributed by atoms with Crippen molar-refractivity contribution in [3.8, 4) is 0 Å². The van der Waals surface area contributed by atoms with Crippen molar-refractivity contribution >= 4 is 15.7 Å². The minimum absolute atomic E-state index is 0.0528. The maximum atomic E-state index is 12.7.